The second kappa shape index (κ2) is 16.0. The number of carbonyl (C=O) groups excluding carboxylic acids is 3. The van der Waals surface area contributed by atoms with E-state index in [1.807, 2.05) is 0 Å². The molecule has 11 N–H and O–H groups in total. The first-order valence-electron chi connectivity index (χ1n) is 12.8. The highest BCUT2D eigenvalue weighted by Crippen LogP contribution is 2.14. The average molecular weight is 560 g/mol. The lowest BCUT2D eigenvalue weighted by Gasteiger charge is -2.25. The van der Waals surface area contributed by atoms with E-state index in [1.165, 1.54) is 36.4 Å². The van der Waals surface area contributed by atoms with Crippen molar-refractivity contribution in [2.75, 3.05) is 13.2 Å². The van der Waals surface area contributed by atoms with Crippen LogP contribution < -0.4 is 27.4 Å². The molecule has 0 bridgehead atoms. The molecule has 13 heteroatoms. The third-order valence-electron chi connectivity index (χ3n) is 6.11. The number of aliphatic hydroxyl groups excluding tert-OH is 1. The van der Waals surface area contributed by atoms with Gasteiger partial charge in [-0.1, -0.05) is 24.3 Å². The molecule has 0 aromatic heterocycles. The summed E-state index contributed by atoms with van der Waals surface area (Å²) in [6.07, 6.45) is 1.09. The van der Waals surface area contributed by atoms with E-state index < -0.39 is 54.5 Å². The summed E-state index contributed by atoms with van der Waals surface area (Å²) >= 11 is 0. The summed E-state index contributed by atoms with van der Waals surface area (Å²) in [4.78, 5) is 50.8. The molecule has 13 nitrogen and oxygen atoms in total. The molecule has 0 aliphatic rings. The van der Waals surface area contributed by atoms with Crippen LogP contribution in [-0.2, 0) is 32.0 Å². The summed E-state index contributed by atoms with van der Waals surface area (Å²) in [5.74, 6) is -3.55. The lowest BCUT2D eigenvalue weighted by atomic mass is 10.0. The molecule has 2 aromatic carbocycles. The number of carboxylic acid groups (broad SMARTS) is 1. The van der Waals surface area contributed by atoms with Crippen molar-refractivity contribution in [2.45, 2.75) is 56.3 Å². The fourth-order valence-corrected chi connectivity index (χ4v) is 3.81. The minimum atomic E-state index is -1.35. The quantitative estimate of drug-likeness (QED) is 0.112. The smallest absolute Gasteiger partial charge is 0.326 e. The minimum Gasteiger partial charge on any atom is -0.508 e. The van der Waals surface area contributed by atoms with Gasteiger partial charge in [0, 0.05) is 12.8 Å². The lowest BCUT2D eigenvalue weighted by Crippen LogP contribution is -2.58. The minimum absolute atomic E-state index is 0.00321. The molecular weight excluding hydrogens is 522 g/mol. The van der Waals surface area contributed by atoms with Crippen LogP contribution >= 0.6 is 0 Å². The second-order valence-corrected chi connectivity index (χ2v) is 9.34. The van der Waals surface area contributed by atoms with Crippen LogP contribution in [0.25, 0.3) is 0 Å². The zero-order chi connectivity index (χ0) is 29.7. The SMILES string of the molecule is NCCCCC(NC(=O)C(N)CO)C(=O)NC(Cc1ccc(O)cc1)C(=O)NC(Cc1ccc(O)cc1)C(=O)O. The highest BCUT2D eigenvalue weighted by molar-refractivity contribution is 5.94. The Balaban J connectivity index is 2.26. The van der Waals surface area contributed by atoms with E-state index in [0.717, 1.165) is 0 Å². The molecule has 0 aliphatic heterocycles. The maximum Gasteiger partial charge on any atom is 0.326 e. The third kappa shape index (κ3) is 10.5. The van der Waals surface area contributed by atoms with E-state index >= 15 is 0 Å². The molecule has 0 fully saturated rings. The van der Waals surface area contributed by atoms with Crippen LogP contribution in [0.1, 0.15) is 30.4 Å². The van der Waals surface area contributed by atoms with Gasteiger partial charge in [-0.15, -0.1) is 0 Å². The number of carboxylic acids is 1. The Morgan fingerprint density at radius 3 is 1.62 bits per heavy atom. The van der Waals surface area contributed by atoms with Crippen molar-refractivity contribution in [2.24, 2.45) is 11.5 Å². The number of phenolic OH excluding ortho intramolecular Hbond substituents is 2. The molecule has 0 saturated carbocycles. The highest BCUT2D eigenvalue weighted by Gasteiger charge is 2.30. The predicted octanol–water partition coefficient (Wildman–Crippen LogP) is -1.13. The molecule has 0 radical (unpaired) electrons. The van der Waals surface area contributed by atoms with E-state index in [-0.39, 0.29) is 30.8 Å². The lowest BCUT2D eigenvalue weighted by molar-refractivity contribution is -0.142. The number of amides is 3. The van der Waals surface area contributed by atoms with E-state index in [1.54, 1.807) is 12.1 Å². The third-order valence-corrected chi connectivity index (χ3v) is 6.11. The zero-order valence-corrected chi connectivity index (χ0v) is 22.0. The second-order valence-electron chi connectivity index (χ2n) is 9.34. The largest absolute Gasteiger partial charge is 0.508 e. The number of benzene rings is 2. The topological polar surface area (TPSA) is 237 Å². The van der Waals surface area contributed by atoms with Gasteiger partial charge in [0.25, 0.3) is 0 Å². The Hall–Kier alpha value is -4.20. The molecule has 2 rings (SSSR count). The number of unbranched alkanes of at least 4 members (excludes halogenated alkanes) is 1. The number of aromatic hydroxyl groups is 2. The van der Waals surface area contributed by atoms with Gasteiger partial charge in [0.2, 0.25) is 17.7 Å². The van der Waals surface area contributed by atoms with Crippen molar-refractivity contribution >= 4 is 23.7 Å². The summed E-state index contributed by atoms with van der Waals surface area (Å²) < 4.78 is 0. The van der Waals surface area contributed by atoms with Gasteiger partial charge < -0.3 is 47.8 Å². The predicted molar refractivity (Wildman–Crippen MR) is 145 cm³/mol. The van der Waals surface area contributed by atoms with Gasteiger partial charge in [0.15, 0.2) is 0 Å². The van der Waals surface area contributed by atoms with Crippen molar-refractivity contribution in [3.05, 3.63) is 59.7 Å². The summed E-state index contributed by atoms with van der Waals surface area (Å²) in [6, 6.07) is 6.80. The van der Waals surface area contributed by atoms with Crippen molar-refractivity contribution in [1.82, 2.24) is 16.0 Å². The molecule has 0 aliphatic carbocycles. The van der Waals surface area contributed by atoms with Crippen LogP contribution in [0.2, 0.25) is 0 Å². The van der Waals surface area contributed by atoms with Gasteiger partial charge in [0.05, 0.1) is 6.61 Å². The van der Waals surface area contributed by atoms with Crippen molar-refractivity contribution in [3.63, 3.8) is 0 Å². The Kier molecular flexibility index (Phi) is 12.8. The van der Waals surface area contributed by atoms with Gasteiger partial charge in [-0.25, -0.2) is 4.79 Å². The van der Waals surface area contributed by atoms with Crippen molar-refractivity contribution < 1.29 is 39.6 Å². The van der Waals surface area contributed by atoms with Crippen LogP contribution in [0.5, 0.6) is 11.5 Å². The number of nitrogens with one attached hydrogen (secondary N) is 3. The van der Waals surface area contributed by atoms with Crippen LogP contribution in [-0.4, -0.2) is 81.4 Å². The Labute approximate surface area is 231 Å². The van der Waals surface area contributed by atoms with E-state index in [0.29, 0.717) is 30.5 Å². The molecule has 4 atom stereocenters. The molecule has 218 valence electrons. The maximum absolute atomic E-state index is 13.3. The van der Waals surface area contributed by atoms with Crippen molar-refractivity contribution in [1.29, 1.82) is 0 Å². The summed E-state index contributed by atoms with van der Waals surface area (Å²) in [6.45, 7) is -0.269. The van der Waals surface area contributed by atoms with Crippen LogP contribution in [0.3, 0.4) is 0 Å². The summed E-state index contributed by atoms with van der Waals surface area (Å²) in [5, 5.41) is 45.5. The number of hydrogen-bond donors (Lipinski definition) is 9. The number of hydrogen-bond acceptors (Lipinski definition) is 9. The fraction of sp³-hybridized carbons (Fsp3) is 0.407. The van der Waals surface area contributed by atoms with Gasteiger partial charge >= 0.3 is 5.97 Å². The Morgan fingerprint density at radius 2 is 1.15 bits per heavy atom. The standard InChI is InChI=1S/C27H37N5O8/c28-12-2-1-3-21(30-24(36)20(29)15-33)25(37)31-22(13-16-4-8-18(34)9-5-16)26(38)32-23(27(39)40)14-17-6-10-19(35)11-7-17/h4-11,20-23,33-35H,1-3,12-15,28-29H2,(H,30,36)(H,31,37)(H,32,38)(H,39,40). The molecule has 0 saturated heterocycles. The molecule has 0 heterocycles. The highest BCUT2D eigenvalue weighted by atomic mass is 16.4. The number of aliphatic carboxylic acids is 1. The van der Waals surface area contributed by atoms with Gasteiger partial charge in [-0.2, -0.15) is 0 Å². The monoisotopic (exact) mass is 559 g/mol. The number of phenols is 2. The first kappa shape index (κ1) is 32.0. The first-order valence-corrected chi connectivity index (χ1v) is 12.8. The average Bonchev–Trinajstić information content (AvgIpc) is 2.93. The molecule has 3 amide bonds. The molecule has 4 unspecified atom stereocenters. The van der Waals surface area contributed by atoms with E-state index in [2.05, 4.69) is 16.0 Å². The number of aliphatic hydroxyl groups is 1. The first-order chi connectivity index (χ1) is 19.0. The van der Waals surface area contributed by atoms with Gasteiger partial charge in [0.1, 0.15) is 35.7 Å². The summed E-state index contributed by atoms with van der Waals surface area (Å²) in [5.41, 5.74) is 12.2. The molecule has 2 aromatic rings. The van der Waals surface area contributed by atoms with Crippen LogP contribution in [0.15, 0.2) is 48.5 Å². The van der Waals surface area contributed by atoms with Gasteiger partial charge in [-0.05, 0) is 61.2 Å². The normalized spacial score (nSPS) is 13.9. The summed E-state index contributed by atoms with van der Waals surface area (Å²) in [7, 11) is 0. The van der Waals surface area contributed by atoms with E-state index in [4.69, 9.17) is 11.5 Å². The molecule has 40 heavy (non-hydrogen) atoms. The number of carbonyl (C=O) groups is 4. The fourth-order valence-electron chi connectivity index (χ4n) is 3.81. The van der Waals surface area contributed by atoms with E-state index in [9.17, 15) is 39.6 Å². The Morgan fingerprint density at radius 1 is 0.700 bits per heavy atom. The van der Waals surface area contributed by atoms with Gasteiger partial charge in [-0.3, -0.25) is 14.4 Å². The molecule has 0 spiro atoms. The van der Waals surface area contributed by atoms with Crippen LogP contribution in [0, 0.1) is 0 Å². The van der Waals surface area contributed by atoms with Crippen molar-refractivity contribution in [3.8, 4) is 11.5 Å². The number of nitrogens with two attached hydrogens (primary N) is 2. The maximum atomic E-state index is 13.3. The van der Waals surface area contributed by atoms with Crippen LogP contribution in [0.4, 0.5) is 0 Å². The zero-order valence-electron chi connectivity index (χ0n) is 22.0. The Bertz CT molecular complexity index is 1130. The number of rotatable bonds is 16. The molecular formula is C27H37N5O8.